The summed E-state index contributed by atoms with van der Waals surface area (Å²) in [6.07, 6.45) is 2.27. The minimum atomic E-state index is -0.365. The number of halogens is 2. The van der Waals surface area contributed by atoms with Crippen LogP contribution < -0.4 is 10.2 Å². The van der Waals surface area contributed by atoms with E-state index in [2.05, 4.69) is 10.5 Å². The van der Waals surface area contributed by atoms with Crippen LogP contribution in [-0.4, -0.2) is 18.7 Å². The minimum Gasteiger partial charge on any atom is -0.493 e. The third-order valence-electron chi connectivity index (χ3n) is 2.95. The maximum Gasteiger partial charge on any atom is 0.275 e. The number of hydrazone groups is 1. The summed E-state index contributed by atoms with van der Waals surface area (Å²) in [5.41, 5.74) is 3.42. The highest BCUT2D eigenvalue weighted by Crippen LogP contribution is 2.22. The first-order chi connectivity index (χ1) is 11.1. The average molecular weight is 351 g/mol. The van der Waals surface area contributed by atoms with Crippen LogP contribution in [0.2, 0.25) is 10.0 Å². The maximum atomic E-state index is 12.2. The van der Waals surface area contributed by atoms with E-state index >= 15 is 0 Å². The van der Waals surface area contributed by atoms with Crippen molar-refractivity contribution in [3.05, 3.63) is 63.6 Å². The SMILES string of the molecule is CCCOc1ccccc1C(=O)NN=Cc1c(Cl)cccc1Cl. The summed E-state index contributed by atoms with van der Waals surface area (Å²) in [6, 6.07) is 12.1. The number of rotatable bonds is 6. The van der Waals surface area contributed by atoms with Gasteiger partial charge in [-0.15, -0.1) is 0 Å². The molecule has 120 valence electrons. The Labute approximate surface area is 145 Å². The van der Waals surface area contributed by atoms with Crippen molar-refractivity contribution in [2.75, 3.05) is 6.61 Å². The lowest BCUT2D eigenvalue weighted by molar-refractivity contribution is 0.0951. The van der Waals surface area contributed by atoms with Crippen molar-refractivity contribution < 1.29 is 9.53 Å². The smallest absolute Gasteiger partial charge is 0.275 e. The fourth-order valence-corrected chi connectivity index (χ4v) is 2.34. The predicted molar refractivity (Wildman–Crippen MR) is 93.8 cm³/mol. The molecular formula is C17H16Cl2N2O2. The van der Waals surface area contributed by atoms with Gasteiger partial charge in [0.15, 0.2) is 0 Å². The molecule has 0 aromatic heterocycles. The fraction of sp³-hybridized carbons (Fsp3) is 0.176. The van der Waals surface area contributed by atoms with Crippen molar-refractivity contribution in [3.63, 3.8) is 0 Å². The maximum absolute atomic E-state index is 12.2. The quantitative estimate of drug-likeness (QED) is 0.613. The second-order valence-corrected chi connectivity index (χ2v) is 5.49. The topological polar surface area (TPSA) is 50.7 Å². The molecule has 4 nitrogen and oxygen atoms in total. The zero-order chi connectivity index (χ0) is 16.7. The summed E-state index contributed by atoms with van der Waals surface area (Å²) in [6.45, 7) is 2.54. The summed E-state index contributed by atoms with van der Waals surface area (Å²) < 4.78 is 5.56. The monoisotopic (exact) mass is 350 g/mol. The van der Waals surface area contributed by atoms with Gasteiger partial charge in [-0.3, -0.25) is 4.79 Å². The molecule has 0 unspecified atom stereocenters. The number of para-hydroxylation sites is 1. The van der Waals surface area contributed by atoms with E-state index in [0.717, 1.165) is 6.42 Å². The van der Waals surface area contributed by atoms with Crippen LogP contribution in [0.5, 0.6) is 5.75 Å². The standard InChI is InChI=1S/C17H16Cl2N2O2/c1-2-10-23-16-9-4-3-6-12(16)17(22)21-20-11-13-14(18)7-5-8-15(13)19/h3-9,11H,2,10H2,1H3,(H,21,22). The number of hydrogen-bond donors (Lipinski definition) is 1. The molecule has 0 radical (unpaired) electrons. The molecule has 2 aromatic carbocycles. The van der Waals surface area contributed by atoms with Gasteiger partial charge in [-0.05, 0) is 30.7 Å². The molecule has 23 heavy (non-hydrogen) atoms. The molecule has 0 aliphatic carbocycles. The van der Waals surface area contributed by atoms with Gasteiger partial charge in [-0.1, -0.05) is 48.3 Å². The first-order valence-electron chi connectivity index (χ1n) is 7.12. The van der Waals surface area contributed by atoms with Crippen molar-refractivity contribution >= 4 is 35.3 Å². The Bertz CT molecular complexity index is 697. The van der Waals surface area contributed by atoms with Gasteiger partial charge in [-0.25, -0.2) is 5.43 Å². The number of benzene rings is 2. The molecule has 0 saturated heterocycles. The van der Waals surface area contributed by atoms with E-state index in [0.29, 0.717) is 33.5 Å². The van der Waals surface area contributed by atoms with E-state index in [1.807, 2.05) is 13.0 Å². The lowest BCUT2D eigenvalue weighted by Crippen LogP contribution is -2.18. The van der Waals surface area contributed by atoms with Gasteiger partial charge in [0.05, 0.1) is 28.4 Å². The lowest BCUT2D eigenvalue weighted by atomic mass is 10.2. The number of carbonyl (C=O) groups excluding carboxylic acids is 1. The average Bonchev–Trinajstić information content (AvgIpc) is 2.55. The Hall–Kier alpha value is -2.04. The molecule has 1 amide bonds. The first kappa shape index (κ1) is 17.3. The Kier molecular flexibility index (Phi) is 6.44. The van der Waals surface area contributed by atoms with Gasteiger partial charge >= 0.3 is 0 Å². The highest BCUT2D eigenvalue weighted by Gasteiger charge is 2.11. The van der Waals surface area contributed by atoms with Crippen molar-refractivity contribution in [3.8, 4) is 5.75 Å². The minimum absolute atomic E-state index is 0.365. The van der Waals surface area contributed by atoms with E-state index in [1.165, 1.54) is 6.21 Å². The third kappa shape index (κ3) is 4.71. The predicted octanol–water partition coefficient (Wildman–Crippen LogP) is 4.55. The van der Waals surface area contributed by atoms with Crippen LogP contribution in [0.25, 0.3) is 0 Å². The highest BCUT2D eigenvalue weighted by atomic mass is 35.5. The molecule has 6 heteroatoms. The second-order valence-electron chi connectivity index (χ2n) is 4.68. The molecule has 0 spiro atoms. The van der Waals surface area contributed by atoms with Crippen LogP contribution in [0.3, 0.4) is 0 Å². The number of ether oxygens (including phenoxy) is 1. The number of hydrogen-bond acceptors (Lipinski definition) is 3. The Morgan fingerprint density at radius 3 is 2.57 bits per heavy atom. The zero-order valence-corrected chi connectivity index (χ0v) is 14.1. The highest BCUT2D eigenvalue weighted by molar-refractivity contribution is 6.38. The summed E-state index contributed by atoms with van der Waals surface area (Å²) in [5, 5.41) is 4.83. The normalized spacial score (nSPS) is 10.7. The van der Waals surface area contributed by atoms with E-state index in [9.17, 15) is 4.79 Å². The molecule has 0 atom stereocenters. The van der Waals surface area contributed by atoms with Gasteiger partial charge in [0.2, 0.25) is 0 Å². The molecule has 0 aliphatic heterocycles. The zero-order valence-electron chi connectivity index (χ0n) is 12.6. The van der Waals surface area contributed by atoms with E-state index in [1.54, 1.807) is 36.4 Å². The Morgan fingerprint density at radius 2 is 1.87 bits per heavy atom. The molecular weight excluding hydrogens is 335 g/mol. The first-order valence-corrected chi connectivity index (χ1v) is 7.88. The summed E-state index contributed by atoms with van der Waals surface area (Å²) in [7, 11) is 0. The van der Waals surface area contributed by atoms with Crippen LogP contribution >= 0.6 is 23.2 Å². The van der Waals surface area contributed by atoms with Crippen LogP contribution in [-0.2, 0) is 0 Å². The van der Waals surface area contributed by atoms with Crippen molar-refractivity contribution in [1.29, 1.82) is 0 Å². The molecule has 2 aromatic rings. The van der Waals surface area contributed by atoms with Crippen LogP contribution in [0.1, 0.15) is 29.3 Å². The molecule has 0 fully saturated rings. The summed E-state index contributed by atoms with van der Waals surface area (Å²) in [5.74, 6) is 0.161. The third-order valence-corrected chi connectivity index (χ3v) is 3.61. The summed E-state index contributed by atoms with van der Waals surface area (Å²) in [4.78, 5) is 12.2. The van der Waals surface area contributed by atoms with Crippen molar-refractivity contribution in [2.45, 2.75) is 13.3 Å². The van der Waals surface area contributed by atoms with Crippen molar-refractivity contribution in [1.82, 2.24) is 5.43 Å². The molecule has 0 bridgehead atoms. The largest absolute Gasteiger partial charge is 0.493 e. The molecule has 0 aliphatic rings. The van der Waals surface area contributed by atoms with Gasteiger partial charge in [0.25, 0.3) is 5.91 Å². The molecule has 0 saturated carbocycles. The number of carbonyl (C=O) groups is 1. The van der Waals surface area contributed by atoms with Gasteiger partial charge < -0.3 is 4.74 Å². The van der Waals surface area contributed by atoms with Gasteiger partial charge in [0, 0.05) is 5.56 Å². The molecule has 2 rings (SSSR count). The Balaban J connectivity index is 2.09. The van der Waals surface area contributed by atoms with E-state index < -0.39 is 0 Å². The van der Waals surface area contributed by atoms with Crippen LogP contribution in [0, 0.1) is 0 Å². The number of nitrogens with one attached hydrogen (secondary N) is 1. The van der Waals surface area contributed by atoms with E-state index in [-0.39, 0.29) is 5.91 Å². The van der Waals surface area contributed by atoms with E-state index in [4.69, 9.17) is 27.9 Å². The van der Waals surface area contributed by atoms with Crippen LogP contribution in [0.4, 0.5) is 0 Å². The summed E-state index contributed by atoms with van der Waals surface area (Å²) >= 11 is 12.1. The van der Waals surface area contributed by atoms with Crippen LogP contribution in [0.15, 0.2) is 47.6 Å². The fourth-order valence-electron chi connectivity index (χ4n) is 1.84. The lowest BCUT2D eigenvalue weighted by Gasteiger charge is -2.09. The Morgan fingerprint density at radius 1 is 1.17 bits per heavy atom. The molecule has 0 heterocycles. The number of nitrogens with zero attached hydrogens (tertiary/aromatic N) is 1. The van der Waals surface area contributed by atoms with Crippen molar-refractivity contribution in [2.24, 2.45) is 5.10 Å². The second kappa shape index (κ2) is 8.56. The van der Waals surface area contributed by atoms with Gasteiger partial charge in [0.1, 0.15) is 5.75 Å². The molecule has 1 N–H and O–H groups in total. The van der Waals surface area contributed by atoms with Gasteiger partial charge in [-0.2, -0.15) is 5.10 Å². The number of amides is 1.